The van der Waals surface area contributed by atoms with Crippen LogP contribution in [0.5, 0.6) is 5.75 Å². The topological polar surface area (TPSA) is 71.9 Å². The summed E-state index contributed by atoms with van der Waals surface area (Å²) in [6, 6.07) is 12.9. The quantitative estimate of drug-likeness (QED) is 0.698. The van der Waals surface area contributed by atoms with E-state index in [0.29, 0.717) is 16.3 Å². The number of amides is 2. The van der Waals surface area contributed by atoms with Gasteiger partial charge in [-0.05, 0) is 36.4 Å². The zero-order chi connectivity index (χ0) is 18.2. The minimum absolute atomic E-state index is 0.0460. The molecule has 0 aliphatic rings. The second-order valence-electron chi connectivity index (χ2n) is 5.62. The van der Waals surface area contributed by atoms with Crippen molar-refractivity contribution in [1.82, 2.24) is 0 Å². The van der Waals surface area contributed by atoms with Crippen molar-refractivity contribution in [2.24, 2.45) is 0 Å². The number of methoxy groups -OCH3 is 1. The summed E-state index contributed by atoms with van der Waals surface area (Å²) in [5.41, 5.74) is 0.775. The van der Waals surface area contributed by atoms with E-state index in [0.717, 1.165) is 0 Å². The zero-order valence-corrected chi connectivity index (χ0v) is 14.1. The van der Waals surface area contributed by atoms with Crippen LogP contribution in [0, 0.1) is 5.82 Å². The molecule has 0 radical (unpaired) electrons. The molecule has 0 aliphatic carbocycles. The lowest BCUT2D eigenvalue weighted by atomic mass is 10.3. The van der Waals surface area contributed by atoms with E-state index < -0.39 is 5.82 Å². The fourth-order valence-electron chi connectivity index (χ4n) is 2.25. The molecule has 0 saturated carbocycles. The van der Waals surface area contributed by atoms with E-state index >= 15 is 0 Å². The molecule has 0 aromatic heterocycles. The Labute approximate surface area is 145 Å². The van der Waals surface area contributed by atoms with Gasteiger partial charge in [0.15, 0.2) is 13.1 Å². The maximum Gasteiger partial charge on any atom is 0.279 e. The summed E-state index contributed by atoms with van der Waals surface area (Å²) in [6.45, 7) is 0.154. The van der Waals surface area contributed by atoms with Crippen LogP contribution in [-0.4, -0.2) is 39.1 Å². The van der Waals surface area contributed by atoms with Crippen LogP contribution in [0.25, 0.3) is 0 Å². The highest BCUT2D eigenvalue weighted by molar-refractivity contribution is 5.93. The summed E-state index contributed by atoms with van der Waals surface area (Å²) < 4.78 is 18.6. The number of ether oxygens (including phenoxy) is 1. The zero-order valence-electron chi connectivity index (χ0n) is 14.1. The van der Waals surface area contributed by atoms with Crippen molar-refractivity contribution >= 4 is 23.2 Å². The van der Waals surface area contributed by atoms with Crippen LogP contribution in [0.1, 0.15) is 0 Å². The van der Waals surface area contributed by atoms with Crippen LogP contribution in [0.2, 0.25) is 0 Å². The molecule has 0 bridgehead atoms. The summed E-state index contributed by atoms with van der Waals surface area (Å²) >= 11 is 0. The van der Waals surface area contributed by atoms with Gasteiger partial charge in [-0.2, -0.15) is 0 Å². The second-order valence-corrected chi connectivity index (χ2v) is 5.62. The maximum atomic E-state index is 13.5. The Bertz CT molecular complexity index is 735. The van der Waals surface area contributed by atoms with Crippen LogP contribution in [0.3, 0.4) is 0 Å². The molecule has 7 heteroatoms. The van der Waals surface area contributed by atoms with Gasteiger partial charge in [0.1, 0.15) is 11.6 Å². The first-order valence-electron chi connectivity index (χ1n) is 7.77. The lowest BCUT2D eigenvalue weighted by Crippen LogP contribution is -3.11. The lowest BCUT2D eigenvalue weighted by molar-refractivity contribution is -0.862. The molecule has 0 saturated heterocycles. The van der Waals surface area contributed by atoms with Gasteiger partial charge in [-0.1, -0.05) is 12.1 Å². The number of carbonyl (C=O) groups is 2. The first-order valence-corrected chi connectivity index (χ1v) is 7.77. The van der Waals surface area contributed by atoms with Gasteiger partial charge in [0.05, 0.1) is 19.8 Å². The van der Waals surface area contributed by atoms with E-state index in [2.05, 4.69) is 10.6 Å². The summed E-state index contributed by atoms with van der Waals surface area (Å²) in [5.74, 6) is -0.377. The number of likely N-dealkylation sites (N-methyl/N-ethyl adjacent to an activating group) is 1. The van der Waals surface area contributed by atoms with E-state index in [9.17, 15) is 14.0 Å². The number of carbonyl (C=O) groups excluding carboxylic acids is 2. The Hall–Kier alpha value is -2.93. The first kappa shape index (κ1) is 18.4. The highest BCUT2D eigenvalue weighted by Gasteiger charge is 2.15. The summed E-state index contributed by atoms with van der Waals surface area (Å²) in [5, 5.41) is 5.25. The number of rotatable bonds is 7. The van der Waals surface area contributed by atoms with Crippen molar-refractivity contribution in [3.8, 4) is 5.75 Å². The SMILES string of the molecule is COc1ccc(NC(=O)C[NH+](C)CC(=O)Nc2ccccc2F)cc1. The maximum absolute atomic E-state index is 13.5. The third-order valence-corrected chi connectivity index (χ3v) is 3.45. The first-order chi connectivity index (χ1) is 12.0. The number of hydrogen-bond donors (Lipinski definition) is 3. The number of nitrogens with one attached hydrogen (secondary N) is 3. The Morgan fingerprint density at radius 3 is 2.20 bits per heavy atom. The number of anilines is 2. The van der Waals surface area contributed by atoms with Gasteiger partial charge >= 0.3 is 0 Å². The van der Waals surface area contributed by atoms with Crippen molar-refractivity contribution in [3.05, 3.63) is 54.3 Å². The average molecular weight is 346 g/mol. The standard InChI is InChI=1S/C18H20FN3O3/c1-22(12-18(24)21-16-6-4-3-5-15(16)19)11-17(23)20-13-7-9-14(25-2)10-8-13/h3-10H,11-12H2,1-2H3,(H,20,23)(H,21,24)/p+1. The van der Waals surface area contributed by atoms with Gasteiger partial charge in [-0.25, -0.2) is 4.39 Å². The van der Waals surface area contributed by atoms with Crippen molar-refractivity contribution in [2.75, 3.05) is 37.9 Å². The van der Waals surface area contributed by atoms with Crippen LogP contribution in [0.4, 0.5) is 15.8 Å². The molecule has 2 aromatic rings. The smallest absolute Gasteiger partial charge is 0.279 e. The summed E-state index contributed by atoms with van der Waals surface area (Å²) in [7, 11) is 3.28. The largest absolute Gasteiger partial charge is 0.497 e. The van der Waals surface area contributed by atoms with Crippen molar-refractivity contribution in [2.45, 2.75) is 0 Å². The number of para-hydroxylation sites is 1. The number of benzene rings is 2. The van der Waals surface area contributed by atoms with Crippen molar-refractivity contribution in [1.29, 1.82) is 0 Å². The van der Waals surface area contributed by atoms with Crippen molar-refractivity contribution < 1.29 is 23.6 Å². The third kappa shape index (κ3) is 5.89. The molecule has 0 aliphatic heterocycles. The van der Waals surface area contributed by atoms with E-state index in [4.69, 9.17) is 4.74 Å². The number of hydrogen-bond acceptors (Lipinski definition) is 3. The van der Waals surface area contributed by atoms with Gasteiger partial charge in [-0.3, -0.25) is 9.59 Å². The summed E-state index contributed by atoms with van der Waals surface area (Å²) in [6.07, 6.45) is 0. The Morgan fingerprint density at radius 1 is 1.00 bits per heavy atom. The molecular formula is C18H21FN3O3+. The molecule has 1 atom stereocenters. The van der Waals surface area contributed by atoms with Gasteiger partial charge in [-0.15, -0.1) is 0 Å². The van der Waals surface area contributed by atoms with Crippen LogP contribution >= 0.6 is 0 Å². The minimum Gasteiger partial charge on any atom is -0.497 e. The van der Waals surface area contributed by atoms with Gasteiger partial charge in [0.25, 0.3) is 11.8 Å². The fraction of sp³-hybridized carbons (Fsp3) is 0.222. The predicted octanol–water partition coefficient (Wildman–Crippen LogP) is 0.926. The molecule has 2 rings (SSSR count). The minimum atomic E-state index is -0.495. The average Bonchev–Trinajstić information content (AvgIpc) is 2.57. The monoisotopic (exact) mass is 346 g/mol. The van der Waals surface area contributed by atoms with E-state index in [1.54, 1.807) is 50.6 Å². The van der Waals surface area contributed by atoms with Crippen LogP contribution in [0.15, 0.2) is 48.5 Å². The molecular weight excluding hydrogens is 325 g/mol. The van der Waals surface area contributed by atoms with Gasteiger partial charge in [0.2, 0.25) is 0 Å². The lowest BCUT2D eigenvalue weighted by Gasteiger charge is -2.14. The molecule has 1 unspecified atom stereocenters. The van der Waals surface area contributed by atoms with Crippen molar-refractivity contribution in [3.63, 3.8) is 0 Å². The molecule has 3 N–H and O–H groups in total. The van der Waals surface area contributed by atoms with E-state index in [1.165, 1.54) is 12.1 Å². The molecule has 6 nitrogen and oxygen atoms in total. The van der Waals surface area contributed by atoms with Crippen LogP contribution < -0.4 is 20.3 Å². The van der Waals surface area contributed by atoms with Gasteiger partial charge < -0.3 is 20.3 Å². The Morgan fingerprint density at radius 2 is 1.60 bits per heavy atom. The highest BCUT2D eigenvalue weighted by atomic mass is 19.1. The fourth-order valence-corrected chi connectivity index (χ4v) is 2.25. The predicted molar refractivity (Wildman–Crippen MR) is 93.3 cm³/mol. The molecule has 2 aromatic carbocycles. The molecule has 2 amide bonds. The Kier molecular flexibility index (Phi) is 6.47. The molecule has 25 heavy (non-hydrogen) atoms. The van der Waals surface area contributed by atoms with Crippen LogP contribution in [-0.2, 0) is 9.59 Å². The molecule has 132 valence electrons. The molecule has 0 heterocycles. The second kappa shape index (κ2) is 8.79. The van der Waals surface area contributed by atoms with E-state index in [-0.39, 0.29) is 30.6 Å². The number of quaternary nitrogens is 1. The third-order valence-electron chi connectivity index (χ3n) is 3.45. The molecule has 0 spiro atoms. The normalized spacial score (nSPS) is 11.5. The highest BCUT2D eigenvalue weighted by Crippen LogP contribution is 2.14. The summed E-state index contributed by atoms with van der Waals surface area (Å²) in [4.78, 5) is 24.6. The Balaban J connectivity index is 1.80. The molecule has 0 fully saturated rings. The van der Waals surface area contributed by atoms with Gasteiger partial charge in [0, 0.05) is 5.69 Å². The van der Waals surface area contributed by atoms with E-state index in [1.807, 2.05) is 0 Å². The number of halogens is 1.